The van der Waals surface area contributed by atoms with Crippen molar-refractivity contribution in [3.8, 4) is 0 Å². The van der Waals surface area contributed by atoms with Crippen LogP contribution in [0.1, 0.15) is 44.1 Å². The summed E-state index contributed by atoms with van der Waals surface area (Å²) in [4.78, 5) is 22.2. The molecular weight excluding hydrogens is 272 g/mol. The van der Waals surface area contributed by atoms with Gasteiger partial charge in [-0.25, -0.2) is 0 Å². The average Bonchev–Trinajstić information content (AvgIpc) is 2.90. The van der Waals surface area contributed by atoms with Crippen molar-refractivity contribution in [2.24, 2.45) is 5.22 Å². The van der Waals surface area contributed by atoms with E-state index in [1.807, 2.05) is 0 Å². The SMILES string of the molecule is CC(=O)/C(C)=C/N(CCCCn1cc(C(C)=O)nn1)N=N. The number of unbranched alkanes of at least 4 members (excludes halogenated alkanes) is 1. The molecule has 1 aromatic rings. The van der Waals surface area contributed by atoms with Crippen molar-refractivity contribution < 1.29 is 9.59 Å². The van der Waals surface area contributed by atoms with Gasteiger partial charge in [0.05, 0.1) is 6.20 Å². The lowest BCUT2D eigenvalue weighted by molar-refractivity contribution is -0.113. The van der Waals surface area contributed by atoms with Gasteiger partial charge in [0.25, 0.3) is 0 Å². The van der Waals surface area contributed by atoms with Crippen LogP contribution in [0.15, 0.2) is 23.2 Å². The van der Waals surface area contributed by atoms with E-state index in [4.69, 9.17) is 5.53 Å². The molecule has 0 saturated heterocycles. The molecular formula is C13H20N6O2. The minimum absolute atomic E-state index is 0.0389. The quantitative estimate of drug-likeness (QED) is 0.246. The third-order valence-electron chi connectivity index (χ3n) is 2.95. The van der Waals surface area contributed by atoms with Gasteiger partial charge in [-0.05, 0) is 26.7 Å². The van der Waals surface area contributed by atoms with Crippen LogP contribution in [-0.2, 0) is 11.3 Å². The molecule has 114 valence electrons. The van der Waals surface area contributed by atoms with Crippen LogP contribution >= 0.6 is 0 Å². The van der Waals surface area contributed by atoms with E-state index < -0.39 is 0 Å². The third kappa shape index (κ3) is 5.64. The lowest BCUT2D eigenvalue weighted by Crippen LogP contribution is -2.13. The molecule has 0 amide bonds. The van der Waals surface area contributed by atoms with Crippen LogP contribution in [0.3, 0.4) is 0 Å². The van der Waals surface area contributed by atoms with Crippen LogP contribution in [-0.4, -0.2) is 38.1 Å². The van der Waals surface area contributed by atoms with Crippen molar-refractivity contribution in [3.63, 3.8) is 0 Å². The highest BCUT2D eigenvalue weighted by Gasteiger charge is 2.05. The van der Waals surface area contributed by atoms with Gasteiger partial charge in [-0.3, -0.25) is 19.3 Å². The fourth-order valence-corrected chi connectivity index (χ4v) is 1.57. The van der Waals surface area contributed by atoms with E-state index in [9.17, 15) is 9.59 Å². The molecule has 8 heteroatoms. The molecule has 1 N–H and O–H groups in total. The van der Waals surface area contributed by atoms with Gasteiger partial charge in [0.2, 0.25) is 0 Å². The largest absolute Gasteiger partial charge is 0.295 e. The summed E-state index contributed by atoms with van der Waals surface area (Å²) >= 11 is 0. The fraction of sp³-hybridized carbons (Fsp3) is 0.538. The maximum Gasteiger partial charge on any atom is 0.181 e. The molecule has 1 aromatic heterocycles. The van der Waals surface area contributed by atoms with Gasteiger partial charge in [0.1, 0.15) is 5.69 Å². The number of Topliss-reactive ketones (excluding diaryl/α,β-unsaturated/α-hetero) is 2. The highest BCUT2D eigenvalue weighted by molar-refractivity contribution is 5.92. The first-order valence-electron chi connectivity index (χ1n) is 6.68. The Kier molecular flexibility index (Phi) is 6.38. The number of aromatic nitrogens is 3. The van der Waals surface area contributed by atoms with Crippen LogP contribution < -0.4 is 0 Å². The van der Waals surface area contributed by atoms with Crippen molar-refractivity contribution in [1.82, 2.24) is 20.0 Å². The fourth-order valence-electron chi connectivity index (χ4n) is 1.57. The third-order valence-corrected chi connectivity index (χ3v) is 2.95. The van der Waals surface area contributed by atoms with Gasteiger partial charge in [0.15, 0.2) is 11.6 Å². The van der Waals surface area contributed by atoms with Crippen molar-refractivity contribution in [1.29, 1.82) is 5.53 Å². The van der Waals surface area contributed by atoms with Gasteiger partial charge in [-0.15, -0.1) is 5.10 Å². The average molecular weight is 292 g/mol. The Balaban J connectivity index is 2.38. The summed E-state index contributed by atoms with van der Waals surface area (Å²) in [5.74, 6) is -0.145. The minimum atomic E-state index is -0.106. The molecule has 0 bridgehead atoms. The Morgan fingerprint density at radius 1 is 1.38 bits per heavy atom. The van der Waals surface area contributed by atoms with Crippen molar-refractivity contribution >= 4 is 11.6 Å². The van der Waals surface area contributed by atoms with E-state index in [2.05, 4.69) is 15.5 Å². The molecule has 0 atom stereocenters. The van der Waals surface area contributed by atoms with Gasteiger partial charge in [-0.1, -0.05) is 10.4 Å². The van der Waals surface area contributed by atoms with E-state index in [0.29, 0.717) is 24.4 Å². The Hall–Kier alpha value is -2.38. The maximum atomic E-state index is 11.1. The summed E-state index contributed by atoms with van der Waals surface area (Å²) < 4.78 is 1.62. The zero-order chi connectivity index (χ0) is 15.8. The second-order valence-corrected chi connectivity index (χ2v) is 4.76. The maximum absolute atomic E-state index is 11.1. The molecule has 1 heterocycles. The number of rotatable bonds is 9. The summed E-state index contributed by atoms with van der Waals surface area (Å²) in [6, 6.07) is 0. The highest BCUT2D eigenvalue weighted by Crippen LogP contribution is 2.04. The highest BCUT2D eigenvalue weighted by atomic mass is 16.1. The molecule has 0 radical (unpaired) electrons. The molecule has 8 nitrogen and oxygen atoms in total. The van der Waals surface area contributed by atoms with Crippen molar-refractivity contribution in [2.45, 2.75) is 40.2 Å². The van der Waals surface area contributed by atoms with Crippen LogP contribution in [0.25, 0.3) is 0 Å². The van der Waals surface area contributed by atoms with E-state index in [-0.39, 0.29) is 11.6 Å². The first kappa shape index (κ1) is 16.7. The molecule has 0 saturated carbocycles. The first-order chi connectivity index (χ1) is 9.93. The number of ketones is 2. The second-order valence-electron chi connectivity index (χ2n) is 4.76. The summed E-state index contributed by atoms with van der Waals surface area (Å²) in [7, 11) is 0. The van der Waals surface area contributed by atoms with Crippen LogP contribution in [0.4, 0.5) is 0 Å². The number of nitrogens with zero attached hydrogens (tertiary/aromatic N) is 5. The predicted octanol–water partition coefficient (Wildman–Crippen LogP) is 2.00. The monoisotopic (exact) mass is 292 g/mol. The van der Waals surface area contributed by atoms with Gasteiger partial charge >= 0.3 is 0 Å². The Bertz CT molecular complexity index is 549. The predicted molar refractivity (Wildman–Crippen MR) is 75.6 cm³/mol. The normalized spacial score (nSPS) is 11.3. The van der Waals surface area contributed by atoms with Crippen LogP contribution in [0, 0.1) is 5.53 Å². The number of hydrogen-bond acceptors (Lipinski definition) is 6. The van der Waals surface area contributed by atoms with Gasteiger partial charge < -0.3 is 0 Å². The summed E-state index contributed by atoms with van der Waals surface area (Å²) in [5.41, 5.74) is 8.00. The molecule has 1 rings (SSSR count). The number of nitrogens with one attached hydrogen (secondary N) is 1. The molecule has 21 heavy (non-hydrogen) atoms. The molecule has 0 aromatic carbocycles. The molecule has 0 fully saturated rings. The Morgan fingerprint density at radius 2 is 2.10 bits per heavy atom. The molecule has 0 aliphatic carbocycles. The lowest BCUT2D eigenvalue weighted by atomic mass is 10.2. The summed E-state index contributed by atoms with van der Waals surface area (Å²) in [6.45, 7) is 5.81. The molecule has 0 aliphatic rings. The molecule has 0 spiro atoms. The zero-order valence-corrected chi connectivity index (χ0v) is 12.5. The Labute approximate surface area is 123 Å². The molecule has 0 aliphatic heterocycles. The minimum Gasteiger partial charge on any atom is -0.295 e. The smallest absolute Gasteiger partial charge is 0.181 e. The van der Waals surface area contributed by atoms with E-state index >= 15 is 0 Å². The second kappa shape index (κ2) is 8.03. The first-order valence-corrected chi connectivity index (χ1v) is 6.68. The van der Waals surface area contributed by atoms with Gasteiger partial charge in [0, 0.05) is 31.8 Å². The number of carbonyl (C=O) groups excluding carboxylic acids is 2. The van der Waals surface area contributed by atoms with E-state index in [1.54, 1.807) is 24.0 Å². The van der Waals surface area contributed by atoms with Crippen LogP contribution in [0.5, 0.6) is 0 Å². The lowest BCUT2D eigenvalue weighted by Gasteiger charge is -2.12. The van der Waals surface area contributed by atoms with Crippen LogP contribution in [0.2, 0.25) is 0 Å². The number of carbonyl (C=O) groups is 2. The van der Waals surface area contributed by atoms with Crippen molar-refractivity contribution in [2.75, 3.05) is 6.54 Å². The topological polar surface area (TPSA) is 104 Å². The number of allylic oxidation sites excluding steroid dienone is 1. The zero-order valence-electron chi connectivity index (χ0n) is 12.5. The molecule has 0 unspecified atom stereocenters. The summed E-state index contributed by atoms with van der Waals surface area (Å²) in [6.07, 6.45) is 4.77. The Morgan fingerprint density at radius 3 is 2.62 bits per heavy atom. The van der Waals surface area contributed by atoms with Crippen molar-refractivity contribution in [3.05, 3.63) is 23.7 Å². The van der Waals surface area contributed by atoms with Gasteiger partial charge in [-0.2, -0.15) is 5.53 Å². The standard InChI is InChI=1S/C13H20N6O2/c1-10(11(2)20)8-18(16-14)6-4-5-7-19-9-13(12(3)21)15-17-19/h8-9,14H,4-7H2,1-3H3/b10-8+,16-14?. The number of aryl methyl sites for hydroxylation is 1. The number of hydrogen-bond donors (Lipinski definition) is 1. The van der Waals surface area contributed by atoms with E-state index in [1.165, 1.54) is 18.9 Å². The summed E-state index contributed by atoms with van der Waals surface area (Å²) in [5, 5.41) is 12.4. The van der Waals surface area contributed by atoms with E-state index in [0.717, 1.165) is 12.8 Å².